The van der Waals surface area contributed by atoms with Crippen molar-refractivity contribution >= 4 is 0 Å². The van der Waals surface area contributed by atoms with E-state index in [0.717, 1.165) is 23.6 Å². The first-order valence-corrected chi connectivity index (χ1v) is 4.59. The minimum atomic E-state index is -4.26. The van der Waals surface area contributed by atoms with Gasteiger partial charge in [-0.25, -0.2) is 0 Å². The summed E-state index contributed by atoms with van der Waals surface area (Å²) in [5, 5.41) is 0. The van der Waals surface area contributed by atoms with Gasteiger partial charge >= 0.3 is 6.18 Å². The second-order valence-corrected chi connectivity index (χ2v) is 3.10. The molecular formula is C11H12F3. The largest absolute Gasteiger partial charge is 0.416 e. The van der Waals surface area contributed by atoms with Crippen LogP contribution in [0.4, 0.5) is 13.2 Å². The summed E-state index contributed by atoms with van der Waals surface area (Å²) < 4.78 is 37.0. The first-order chi connectivity index (χ1) is 6.49. The molecule has 3 heteroatoms. The summed E-state index contributed by atoms with van der Waals surface area (Å²) in [5.74, 6) is 0. The van der Waals surface area contributed by atoms with Gasteiger partial charge in [0.2, 0.25) is 0 Å². The van der Waals surface area contributed by atoms with Gasteiger partial charge in [-0.1, -0.05) is 13.8 Å². The second kappa shape index (κ2) is 4.03. The Hall–Kier alpha value is -0.990. The minimum absolute atomic E-state index is 0.605. The van der Waals surface area contributed by atoms with Crippen molar-refractivity contribution in [2.24, 2.45) is 0 Å². The van der Waals surface area contributed by atoms with Crippen molar-refractivity contribution in [1.82, 2.24) is 0 Å². The monoisotopic (exact) mass is 201 g/mol. The van der Waals surface area contributed by atoms with Crippen molar-refractivity contribution in [3.05, 3.63) is 34.9 Å². The van der Waals surface area contributed by atoms with Crippen LogP contribution in [0.1, 0.15) is 30.5 Å². The maximum Gasteiger partial charge on any atom is 0.416 e. The number of halogens is 3. The minimum Gasteiger partial charge on any atom is -0.166 e. The van der Waals surface area contributed by atoms with Crippen molar-refractivity contribution in [2.75, 3.05) is 0 Å². The SMILES string of the molecule is CCc1[c]cc(C(F)(F)F)cc1CC. The number of alkyl halides is 3. The van der Waals surface area contributed by atoms with Crippen LogP contribution < -0.4 is 0 Å². The summed E-state index contributed by atoms with van der Waals surface area (Å²) in [7, 11) is 0. The van der Waals surface area contributed by atoms with E-state index in [9.17, 15) is 13.2 Å². The highest BCUT2D eigenvalue weighted by Gasteiger charge is 2.30. The molecule has 0 amide bonds. The zero-order valence-electron chi connectivity index (χ0n) is 8.20. The maximum atomic E-state index is 12.3. The lowest BCUT2D eigenvalue weighted by Crippen LogP contribution is -2.06. The molecule has 0 spiro atoms. The lowest BCUT2D eigenvalue weighted by molar-refractivity contribution is -0.137. The topological polar surface area (TPSA) is 0 Å². The Balaban J connectivity index is 3.14. The molecule has 1 radical (unpaired) electrons. The molecule has 1 aromatic carbocycles. The standard InChI is InChI=1S/C11H12F3/c1-3-8-5-6-10(11(12,13)14)7-9(8)4-2/h6-7H,3-4H2,1-2H3. The van der Waals surface area contributed by atoms with E-state index in [0.29, 0.717) is 6.42 Å². The molecule has 0 aliphatic heterocycles. The summed E-state index contributed by atoms with van der Waals surface area (Å²) in [4.78, 5) is 0. The number of benzene rings is 1. The molecule has 0 heterocycles. The zero-order valence-corrected chi connectivity index (χ0v) is 8.20. The molecule has 14 heavy (non-hydrogen) atoms. The van der Waals surface area contributed by atoms with Gasteiger partial charge in [0, 0.05) is 0 Å². The fourth-order valence-electron chi connectivity index (χ4n) is 1.38. The molecule has 0 unspecified atom stereocenters. The van der Waals surface area contributed by atoms with Crippen molar-refractivity contribution < 1.29 is 13.2 Å². The first-order valence-electron chi connectivity index (χ1n) is 4.59. The van der Waals surface area contributed by atoms with Gasteiger partial charge < -0.3 is 0 Å². The third-order valence-corrected chi connectivity index (χ3v) is 2.18. The van der Waals surface area contributed by atoms with Crippen LogP contribution in [-0.2, 0) is 19.0 Å². The van der Waals surface area contributed by atoms with E-state index in [-0.39, 0.29) is 0 Å². The number of aryl methyl sites for hydroxylation is 2. The molecule has 0 aliphatic rings. The Bertz CT molecular complexity index is 313. The zero-order chi connectivity index (χ0) is 10.8. The molecule has 0 saturated heterocycles. The van der Waals surface area contributed by atoms with Crippen LogP contribution in [0, 0.1) is 6.07 Å². The van der Waals surface area contributed by atoms with Gasteiger partial charge in [0.25, 0.3) is 0 Å². The third-order valence-electron chi connectivity index (χ3n) is 2.18. The van der Waals surface area contributed by atoms with Crippen molar-refractivity contribution in [3.8, 4) is 0 Å². The van der Waals surface area contributed by atoms with Gasteiger partial charge in [-0.3, -0.25) is 0 Å². The molecule has 0 aromatic heterocycles. The number of hydrogen-bond donors (Lipinski definition) is 0. The summed E-state index contributed by atoms with van der Waals surface area (Å²) in [6.45, 7) is 3.76. The third kappa shape index (κ3) is 2.28. The molecule has 0 bridgehead atoms. The molecule has 0 atom stereocenters. The molecule has 0 saturated carbocycles. The lowest BCUT2D eigenvalue weighted by atomic mass is 10.00. The van der Waals surface area contributed by atoms with Crippen LogP contribution in [0.3, 0.4) is 0 Å². The maximum absolute atomic E-state index is 12.3. The van der Waals surface area contributed by atoms with Crippen LogP contribution in [0.25, 0.3) is 0 Å². The normalized spacial score (nSPS) is 11.8. The number of rotatable bonds is 2. The second-order valence-electron chi connectivity index (χ2n) is 3.10. The Labute approximate surface area is 81.8 Å². The summed E-state index contributed by atoms with van der Waals surface area (Å²) in [5.41, 5.74) is 1.01. The van der Waals surface area contributed by atoms with Crippen molar-refractivity contribution in [1.29, 1.82) is 0 Å². The fraction of sp³-hybridized carbons (Fsp3) is 0.455. The van der Waals surface area contributed by atoms with Gasteiger partial charge in [-0.2, -0.15) is 13.2 Å². The average Bonchev–Trinajstić information content (AvgIpc) is 2.15. The van der Waals surface area contributed by atoms with Gasteiger partial charge in [0.1, 0.15) is 0 Å². The summed E-state index contributed by atoms with van der Waals surface area (Å²) >= 11 is 0. The van der Waals surface area contributed by atoms with Gasteiger partial charge in [-0.05, 0) is 42.2 Å². The predicted octanol–water partition coefficient (Wildman–Crippen LogP) is 3.63. The Morgan fingerprint density at radius 3 is 2.29 bits per heavy atom. The van der Waals surface area contributed by atoms with Gasteiger partial charge in [0.15, 0.2) is 0 Å². The van der Waals surface area contributed by atoms with Crippen molar-refractivity contribution in [2.45, 2.75) is 32.9 Å². The van der Waals surface area contributed by atoms with E-state index in [1.54, 1.807) is 0 Å². The highest BCUT2D eigenvalue weighted by atomic mass is 19.4. The molecular weight excluding hydrogens is 189 g/mol. The smallest absolute Gasteiger partial charge is 0.166 e. The summed E-state index contributed by atoms with van der Waals surface area (Å²) in [6, 6.07) is 4.94. The van der Waals surface area contributed by atoms with Gasteiger partial charge in [0.05, 0.1) is 5.56 Å². The molecule has 0 fully saturated rings. The van der Waals surface area contributed by atoms with E-state index in [1.807, 2.05) is 13.8 Å². The molecule has 0 N–H and O–H groups in total. The van der Waals surface area contributed by atoms with Gasteiger partial charge in [-0.15, -0.1) is 0 Å². The van der Waals surface area contributed by atoms with E-state index in [2.05, 4.69) is 6.07 Å². The molecule has 1 aromatic rings. The molecule has 77 valence electrons. The Kier molecular flexibility index (Phi) is 3.19. The lowest BCUT2D eigenvalue weighted by Gasteiger charge is -2.10. The quantitative estimate of drug-likeness (QED) is 0.685. The van der Waals surface area contributed by atoms with Crippen LogP contribution in [-0.4, -0.2) is 0 Å². The highest BCUT2D eigenvalue weighted by molar-refractivity contribution is 5.32. The Morgan fingerprint density at radius 1 is 1.21 bits per heavy atom. The molecule has 1 rings (SSSR count). The van der Waals surface area contributed by atoms with Crippen LogP contribution in [0.5, 0.6) is 0 Å². The predicted molar refractivity (Wildman–Crippen MR) is 49.0 cm³/mol. The first kappa shape index (κ1) is 11.1. The Morgan fingerprint density at radius 2 is 1.86 bits per heavy atom. The van der Waals surface area contributed by atoms with Crippen molar-refractivity contribution in [3.63, 3.8) is 0 Å². The molecule has 0 aliphatic carbocycles. The van der Waals surface area contributed by atoms with E-state index in [1.165, 1.54) is 6.07 Å². The van der Waals surface area contributed by atoms with E-state index >= 15 is 0 Å². The number of hydrogen-bond acceptors (Lipinski definition) is 0. The van der Waals surface area contributed by atoms with Crippen LogP contribution >= 0.6 is 0 Å². The average molecular weight is 201 g/mol. The fourth-order valence-corrected chi connectivity index (χ4v) is 1.38. The van der Waals surface area contributed by atoms with Crippen LogP contribution in [0.2, 0.25) is 0 Å². The highest BCUT2D eigenvalue weighted by Crippen LogP contribution is 2.30. The van der Waals surface area contributed by atoms with E-state index in [4.69, 9.17) is 0 Å². The summed E-state index contributed by atoms with van der Waals surface area (Å²) in [6.07, 6.45) is -2.92. The van der Waals surface area contributed by atoms with Crippen LogP contribution in [0.15, 0.2) is 12.1 Å². The van der Waals surface area contributed by atoms with E-state index < -0.39 is 11.7 Å². The molecule has 0 nitrogen and oxygen atoms in total.